The Kier molecular flexibility index (Phi) is 2.73. The van der Waals surface area contributed by atoms with Crippen molar-refractivity contribution in [3.05, 3.63) is 47.0 Å². The van der Waals surface area contributed by atoms with Crippen LogP contribution in [0.5, 0.6) is 0 Å². The molecule has 0 amide bonds. The van der Waals surface area contributed by atoms with Gasteiger partial charge in [0.25, 0.3) is 0 Å². The molecule has 0 aliphatic rings. The molecule has 0 N–H and O–H groups in total. The minimum Gasteiger partial charge on any atom is -0.350 e. The molecule has 18 heavy (non-hydrogen) atoms. The maximum atomic E-state index is 5.92. The highest BCUT2D eigenvalue weighted by Crippen LogP contribution is 2.30. The molecule has 0 atom stereocenters. The number of fused-ring (bicyclic) bond motifs is 1. The molecule has 0 bridgehead atoms. The molecule has 0 fully saturated rings. The smallest absolute Gasteiger partial charge is 0.224 e. The Morgan fingerprint density at radius 3 is 2.67 bits per heavy atom. The summed E-state index contributed by atoms with van der Waals surface area (Å²) in [6.45, 7) is 0. The zero-order chi connectivity index (χ0) is 12.7. The molecule has 3 nitrogen and oxygen atoms in total. The Labute approximate surface area is 114 Å². The van der Waals surface area contributed by atoms with Crippen molar-refractivity contribution in [2.24, 2.45) is 7.05 Å². The Bertz CT molecular complexity index is 714. The van der Waals surface area contributed by atoms with E-state index in [0.29, 0.717) is 5.15 Å². The molecular formula is C13H9Cl2N3. The van der Waals surface area contributed by atoms with E-state index in [4.69, 9.17) is 23.2 Å². The summed E-state index contributed by atoms with van der Waals surface area (Å²) in [7, 11) is 2.00. The minimum atomic E-state index is 0.158. The number of aromatic nitrogens is 3. The standard InChI is InChI=1S/C13H9Cl2N3/c1-18-7-9(8-4-2-3-5-11(8)18)10-6-12(14)17-13(15)16-10/h2-7H,1H3. The Morgan fingerprint density at radius 1 is 1.11 bits per heavy atom. The van der Waals surface area contributed by atoms with Gasteiger partial charge < -0.3 is 4.57 Å². The predicted molar refractivity (Wildman–Crippen MR) is 74.0 cm³/mol. The fraction of sp³-hybridized carbons (Fsp3) is 0.0769. The number of rotatable bonds is 1. The summed E-state index contributed by atoms with van der Waals surface area (Å²) >= 11 is 11.8. The number of hydrogen-bond donors (Lipinski definition) is 0. The molecule has 3 rings (SSSR count). The van der Waals surface area contributed by atoms with Crippen LogP contribution in [0.15, 0.2) is 36.5 Å². The van der Waals surface area contributed by atoms with Gasteiger partial charge in [-0.25, -0.2) is 9.97 Å². The Morgan fingerprint density at radius 2 is 1.89 bits per heavy atom. The molecule has 1 aromatic carbocycles. The van der Waals surface area contributed by atoms with Crippen molar-refractivity contribution >= 4 is 34.1 Å². The number of benzene rings is 1. The summed E-state index contributed by atoms with van der Waals surface area (Å²) in [5.74, 6) is 0. The molecular weight excluding hydrogens is 269 g/mol. The number of halogens is 2. The average molecular weight is 278 g/mol. The summed E-state index contributed by atoms with van der Waals surface area (Å²) in [6.07, 6.45) is 2.01. The molecule has 0 saturated heterocycles. The van der Waals surface area contributed by atoms with Gasteiger partial charge in [0, 0.05) is 35.8 Å². The number of para-hydroxylation sites is 1. The van der Waals surface area contributed by atoms with Crippen LogP contribution in [0.1, 0.15) is 0 Å². The van der Waals surface area contributed by atoms with Crippen LogP contribution in [0.3, 0.4) is 0 Å². The van der Waals surface area contributed by atoms with E-state index in [-0.39, 0.29) is 5.28 Å². The molecule has 0 unspecified atom stereocenters. The van der Waals surface area contributed by atoms with Crippen LogP contribution in [0.4, 0.5) is 0 Å². The second-order valence-corrected chi connectivity index (χ2v) is 4.74. The van der Waals surface area contributed by atoms with Crippen LogP contribution in [0.2, 0.25) is 10.4 Å². The fourth-order valence-electron chi connectivity index (χ4n) is 2.07. The minimum absolute atomic E-state index is 0.158. The van der Waals surface area contributed by atoms with Gasteiger partial charge >= 0.3 is 0 Å². The van der Waals surface area contributed by atoms with Crippen molar-refractivity contribution in [1.29, 1.82) is 0 Å². The van der Waals surface area contributed by atoms with Crippen molar-refractivity contribution in [3.63, 3.8) is 0 Å². The lowest BCUT2D eigenvalue weighted by Gasteiger charge is -2.00. The van der Waals surface area contributed by atoms with Crippen LogP contribution < -0.4 is 0 Å². The molecule has 2 heterocycles. The normalized spacial score (nSPS) is 11.1. The molecule has 3 aromatic rings. The zero-order valence-corrected chi connectivity index (χ0v) is 11.1. The highest BCUT2D eigenvalue weighted by molar-refractivity contribution is 6.32. The molecule has 0 aliphatic heterocycles. The summed E-state index contributed by atoms with van der Waals surface area (Å²) in [5, 5.41) is 1.62. The third-order valence-corrected chi connectivity index (χ3v) is 3.20. The van der Waals surface area contributed by atoms with E-state index in [1.807, 2.05) is 25.4 Å². The van der Waals surface area contributed by atoms with Crippen LogP contribution >= 0.6 is 23.2 Å². The van der Waals surface area contributed by atoms with E-state index >= 15 is 0 Å². The van der Waals surface area contributed by atoms with Gasteiger partial charge in [-0.15, -0.1) is 0 Å². The maximum Gasteiger partial charge on any atom is 0.224 e. The van der Waals surface area contributed by atoms with E-state index in [2.05, 4.69) is 26.7 Å². The molecule has 5 heteroatoms. The summed E-state index contributed by atoms with van der Waals surface area (Å²) in [5.41, 5.74) is 2.87. The summed E-state index contributed by atoms with van der Waals surface area (Å²) in [4.78, 5) is 8.08. The third kappa shape index (κ3) is 1.85. The lowest BCUT2D eigenvalue weighted by atomic mass is 10.1. The van der Waals surface area contributed by atoms with Crippen molar-refractivity contribution < 1.29 is 0 Å². The third-order valence-electron chi connectivity index (χ3n) is 2.84. The van der Waals surface area contributed by atoms with Gasteiger partial charge in [0.1, 0.15) is 5.15 Å². The molecule has 0 saturated carbocycles. The zero-order valence-electron chi connectivity index (χ0n) is 9.56. The predicted octanol–water partition coefficient (Wildman–Crippen LogP) is 3.94. The lowest BCUT2D eigenvalue weighted by Crippen LogP contribution is -1.87. The quantitative estimate of drug-likeness (QED) is 0.498. The Balaban J connectivity index is 2.31. The van der Waals surface area contributed by atoms with E-state index in [9.17, 15) is 0 Å². The average Bonchev–Trinajstić information content (AvgIpc) is 2.66. The van der Waals surface area contributed by atoms with Crippen LogP contribution in [-0.2, 0) is 7.05 Å². The molecule has 0 spiro atoms. The van der Waals surface area contributed by atoms with Gasteiger partial charge in [-0.2, -0.15) is 0 Å². The summed E-state index contributed by atoms with van der Waals surface area (Å²) < 4.78 is 2.05. The monoisotopic (exact) mass is 277 g/mol. The largest absolute Gasteiger partial charge is 0.350 e. The molecule has 2 aromatic heterocycles. The second kappa shape index (κ2) is 4.26. The summed E-state index contributed by atoms with van der Waals surface area (Å²) in [6, 6.07) is 9.83. The highest BCUT2D eigenvalue weighted by atomic mass is 35.5. The first-order valence-corrected chi connectivity index (χ1v) is 6.15. The van der Waals surface area contributed by atoms with E-state index in [1.54, 1.807) is 6.07 Å². The SMILES string of the molecule is Cn1cc(-c2cc(Cl)nc(Cl)n2)c2ccccc21. The van der Waals surface area contributed by atoms with Gasteiger partial charge in [0.05, 0.1) is 5.69 Å². The Hall–Kier alpha value is -1.58. The fourth-order valence-corrected chi connectivity index (χ4v) is 2.48. The van der Waals surface area contributed by atoms with Gasteiger partial charge in [-0.1, -0.05) is 29.8 Å². The molecule has 0 aliphatic carbocycles. The van der Waals surface area contributed by atoms with Crippen molar-refractivity contribution in [1.82, 2.24) is 14.5 Å². The van der Waals surface area contributed by atoms with Gasteiger partial charge in [-0.05, 0) is 17.7 Å². The first-order chi connectivity index (χ1) is 8.65. The van der Waals surface area contributed by atoms with Gasteiger partial charge in [0.15, 0.2) is 0 Å². The highest BCUT2D eigenvalue weighted by Gasteiger charge is 2.11. The topological polar surface area (TPSA) is 30.7 Å². The van der Waals surface area contributed by atoms with Crippen molar-refractivity contribution in [2.75, 3.05) is 0 Å². The number of hydrogen-bond acceptors (Lipinski definition) is 2. The number of aryl methyl sites for hydroxylation is 1. The van der Waals surface area contributed by atoms with E-state index in [0.717, 1.165) is 22.2 Å². The number of nitrogens with zero attached hydrogens (tertiary/aromatic N) is 3. The first kappa shape index (κ1) is 11.5. The van der Waals surface area contributed by atoms with Crippen LogP contribution in [-0.4, -0.2) is 14.5 Å². The van der Waals surface area contributed by atoms with E-state index in [1.165, 1.54) is 0 Å². The molecule has 0 radical (unpaired) electrons. The molecule has 90 valence electrons. The second-order valence-electron chi connectivity index (χ2n) is 4.02. The van der Waals surface area contributed by atoms with Crippen LogP contribution in [0.25, 0.3) is 22.2 Å². The van der Waals surface area contributed by atoms with Gasteiger partial charge in [0.2, 0.25) is 5.28 Å². The lowest BCUT2D eigenvalue weighted by molar-refractivity contribution is 0.969. The first-order valence-electron chi connectivity index (χ1n) is 5.39. The maximum absolute atomic E-state index is 5.92. The van der Waals surface area contributed by atoms with Crippen molar-refractivity contribution in [2.45, 2.75) is 0 Å². The van der Waals surface area contributed by atoms with E-state index < -0.39 is 0 Å². The van der Waals surface area contributed by atoms with Crippen molar-refractivity contribution in [3.8, 4) is 11.3 Å². The van der Waals surface area contributed by atoms with Crippen LogP contribution in [0, 0.1) is 0 Å². The van der Waals surface area contributed by atoms with Gasteiger partial charge in [-0.3, -0.25) is 0 Å².